The summed E-state index contributed by atoms with van der Waals surface area (Å²) in [6, 6.07) is 6.69. The van der Waals surface area contributed by atoms with Crippen molar-refractivity contribution in [2.45, 2.75) is 45.1 Å². The van der Waals surface area contributed by atoms with Crippen LogP contribution in [0.3, 0.4) is 0 Å². The predicted octanol–water partition coefficient (Wildman–Crippen LogP) is 3.76. The molecule has 0 spiro atoms. The van der Waals surface area contributed by atoms with Crippen molar-refractivity contribution in [3.8, 4) is 5.75 Å². The third kappa shape index (κ3) is 3.93. The average Bonchev–Trinajstić information content (AvgIpc) is 2.33. The Morgan fingerprint density at radius 2 is 2.05 bits per heavy atom. The minimum Gasteiger partial charge on any atom is -0.484 e. The van der Waals surface area contributed by atoms with Crippen LogP contribution >= 0.6 is 0 Å². The Kier molecular flexibility index (Phi) is 4.81. The van der Waals surface area contributed by atoms with Gasteiger partial charge in [-0.25, -0.2) is 4.39 Å². The molecule has 1 saturated carbocycles. The monoisotopic (exact) mass is 265 g/mol. The summed E-state index contributed by atoms with van der Waals surface area (Å²) < 4.78 is 19.6. The molecule has 3 heteroatoms. The molecule has 0 unspecified atom stereocenters. The largest absolute Gasteiger partial charge is 0.484 e. The van der Waals surface area contributed by atoms with Gasteiger partial charge < -0.3 is 10.1 Å². The molecule has 1 aromatic rings. The second kappa shape index (κ2) is 6.38. The van der Waals surface area contributed by atoms with Crippen molar-refractivity contribution in [1.82, 2.24) is 5.32 Å². The van der Waals surface area contributed by atoms with Crippen molar-refractivity contribution >= 4 is 0 Å². The molecule has 1 N–H and O–H groups in total. The van der Waals surface area contributed by atoms with Gasteiger partial charge in [0.2, 0.25) is 0 Å². The number of benzene rings is 1. The zero-order chi connectivity index (χ0) is 13.7. The topological polar surface area (TPSA) is 21.3 Å². The van der Waals surface area contributed by atoms with Crippen LogP contribution in [0.4, 0.5) is 4.39 Å². The van der Waals surface area contributed by atoms with E-state index in [2.05, 4.69) is 19.2 Å². The average molecular weight is 265 g/mol. The standard InChI is InChI=1S/C16H24FNO/c1-13(2)12-18-11-10-16(8-5-9-16)19-15-7-4-3-6-14(15)17/h3-4,6-7,13,18H,5,8-12H2,1-2H3. The van der Waals surface area contributed by atoms with Gasteiger partial charge in [0.25, 0.3) is 0 Å². The molecular weight excluding hydrogens is 241 g/mol. The zero-order valence-corrected chi connectivity index (χ0v) is 11.9. The Labute approximate surface area is 115 Å². The Morgan fingerprint density at radius 1 is 1.32 bits per heavy atom. The highest BCUT2D eigenvalue weighted by molar-refractivity contribution is 5.25. The first-order valence-corrected chi connectivity index (χ1v) is 7.26. The van der Waals surface area contributed by atoms with Gasteiger partial charge in [0.15, 0.2) is 11.6 Å². The number of hydrogen-bond donors (Lipinski definition) is 1. The first-order valence-electron chi connectivity index (χ1n) is 7.26. The summed E-state index contributed by atoms with van der Waals surface area (Å²) in [4.78, 5) is 0. The lowest BCUT2D eigenvalue weighted by molar-refractivity contribution is -0.0172. The molecular formula is C16H24FNO. The minimum absolute atomic E-state index is 0.147. The van der Waals surface area contributed by atoms with Crippen LogP contribution in [0.1, 0.15) is 39.5 Å². The number of halogens is 1. The van der Waals surface area contributed by atoms with Gasteiger partial charge in [-0.15, -0.1) is 0 Å². The van der Waals surface area contributed by atoms with Crippen molar-refractivity contribution in [3.63, 3.8) is 0 Å². The van der Waals surface area contributed by atoms with Crippen LogP contribution in [-0.2, 0) is 0 Å². The van der Waals surface area contributed by atoms with Crippen LogP contribution in [0.15, 0.2) is 24.3 Å². The fraction of sp³-hybridized carbons (Fsp3) is 0.625. The fourth-order valence-corrected chi connectivity index (χ4v) is 2.44. The number of nitrogens with one attached hydrogen (secondary N) is 1. The normalized spacial score (nSPS) is 17.3. The minimum atomic E-state index is -0.260. The van der Waals surface area contributed by atoms with E-state index in [1.54, 1.807) is 12.1 Å². The predicted molar refractivity (Wildman–Crippen MR) is 75.9 cm³/mol. The molecule has 0 saturated heterocycles. The van der Waals surface area contributed by atoms with E-state index in [-0.39, 0.29) is 11.4 Å². The van der Waals surface area contributed by atoms with E-state index < -0.39 is 0 Å². The molecule has 0 heterocycles. The smallest absolute Gasteiger partial charge is 0.165 e. The van der Waals surface area contributed by atoms with Gasteiger partial charge in [0.05, 0.1) is 0 Å². The van der Waals surface area contributed by atoms with Gasteiger partial charge in [0, 0.05) is 0 Å². The molecule has 1 aliphatic rings. The highest BCUT2D eigenvalue weighted by Gasteiger charge is 2.39. The molecule has 106 valence electrons. The highest BCUT2D eigenvalue weighted by atomic mass is 19.1. The number of rotatable bonds is 7. The third-order valence-corrected chi connectivity index (χ3v) is 3.74. The molecule has 1 fully saturated rings. The Bertz CT molecular complexity index is 401. The van der Waals surface area contributed by atoms with Crippen molar-refractivity contribution in [3.05, 3.63) is 30.1 Å². The lowest BCUT2D eigenvalue weighted by Gasteiger charge is -2.42. The maximum atomic E-state index is 13.6. The summed E-state index contributed by atoms with van der Waals surface area (Å²) in [7, 11) is 0. The maximum Gasteiger partial charge on any atom is 0.165 e. The van der Waals surface area contributed by atoms with Gasteiger partial charge in [-0.1, -0.05) is 26.0 Å². The van der Waals surface area contributed by atoms with E-state index in [1.807, 2.05) is 6.07 Å². The quantitative estimate of drug-likeness (QED) is 0.758. The SMILES string of the molecule is CC(C)CNCCC1(Oc2ccccc2F)CCC1. The van der Waals surface area contributed by atoms with Gasteiger partial charge in [-0.2, -0.15) is 0 Å². The summed E-state index contributed by atoms with van der Waals surface area (Å²) in [5.74, 6) is 0.791. The van der Waals surface area contributed by atoms with Gasteiger partial charge in [-0.3, -0.25) is 0 Å². The van der Waals surface area contributed by atoms with Crippen molar-refractivity contribution in [2.75, 3.05) is 13.1 Å². The molecule has 2 rings (SSSR count). The van der Waals surface area contributed by atoms with Crippen LogP contribution < -0.4 is 10.1 Å². The number of hydrogen-bond acceptors (Lipinski definition) is 2. The summed E-state index contributed by atoms with van der Waals surface area (Å²) in [6.07, 6.45) is 4.20. The van der Waals surface area contributed by atoms with Crippen molar-refractivity contribution < 1.29 is 9.13 Å². The van der Waals surface area contributed by atoms with E-state index in [0.29, 0.717) is 11.7 Å². The molecule has 0 bridgehead atoms. The molecule has 19 heavy (non-hydrogen) atoms. The van der Waals surface area contributed by atoms with Crippen LogP contribution in [0.25, 0.3) is 0 Å². The second-order valence-corrected chi connectivity index (χ2v) is 5.92. The molecule has 0 amide bonds. The summed E-state index contributed by atoms with van der Waals surface area (Å²) >= 11 is 0. The Morgan fingerprint density at radius 3 is 2.63 bits per heavy atom. The highest BCUT2D eigenvalue weighted by Crippen LogP contribution is 2.39. The number of ether oxygens (including phenoxy) is 1. The third-order valence-electron chi connectivity index (χ3n) is 3.74. The van der Waals surface area contributed by atoms with Crippen molar-refractivity contribution in [2.24, 2.45) is 5.92 Å². The van der Waals surface area contributed by atoms with Gasteiger partial charge in [0.1, 0.15) is 5.60 Å². The van der Waals surface area contributed by atoms with E-state index in [0.717, 1.165) is 32.4 Å². The summed E-state index contributed by atoms with van der Waals surface area (Å²) in [6.45, 7) is 6.35. The molecule has 0 radical (unpaired) electrons. The molecule has 1 aromatic carbocycles. The van der Waals surface area contributed by atoms with E-state index in [9.17, 15) is 4.39 Å². The molecule has 0 aliphatic heterocycles. The maximum absolute atomic E-state index is 13.6. The van der Waals surface area contributed by atoms with Crippen LogP contribution in [0.5, 0.6) is 5.75 Å². The van der Waals surface area contributed by atoms with Crippen molar-refractivity contribution in [1.29, 1.82) is 0 Å². The summed E-state index contributed by atoms with van der Waals surface area (Å²) in [5, 5.41) is 3.44. The van der Waals surface area contributed by atoms with Crippen LogP contribution in [0, 0.1) is 11.7 Å². The van der Waals surface area contributed by atoms with Gasteiger partial charge >= 0.3 is 0 Å². The van der Waals surface area contributed by atoms with E-state index in [4.69, 9.17) is 4.74 Å². The summed E-state index contributed by atoms with van der Waals surface area (Å²) in [5.41, 5.74) is -0.147. The lowest BCUT2D eigenvalue weighted by atomic mass is 9.77. The first kappa shape index (κ1) is 14.3. The van der Waals surface area contributed by atoms with Gasteiger partial charge in [-0.05, 0) is 56.8 Å². The van der Waals surface area contributed by atoms with E-state index in [1.165, 1.54) is 12.5 Å². The van der Waals surface area contributed by atoms with E-state index >= 15 is 0 Å². The second-order valence-electron chi connectivity index (χ2n) is 5.92. The van der Waals surface area contributed by atoms with Crippen LogP contribution in [0.2, 0.25) is 0 Å². The molecule has 0 aromatic heterocycles. The molecule has 1 aliphatic carbocycles. The fourth-order valence-electron chi connectivity index (χ4n) is 2.44. The first-order chi connectivity index (χ1) is 9.11. The zero-order valence-electron chi connectivity index (χ0n) is 11.9. The molecule has 2 nitrogen and oxygen atoms in total. The Hall–Kier alpha value is -1.09. The number of para-hydroxylation sites is 1. The Balaban J connectivity index is 1.86. The molecule has 0 atom stereocenters. The van der Waals surface area contributed by atoms with Crippen LogP contribution in [-0.4, -0.2) is 18.7 Å². The lowest BCUT2D eigenvalue weighted by Crippen LogP contribution is -2.45.